The molecule has 1 aromatic carbocycles. The monoisotopic (exact) mass is 337 g/mol. The summed E-state index contributed by atoms with van der Waals surface area (Å²) >= 11 is 11.8. The van der Waals surface area contributed by atoms with E-state index in [1.807, 2.05) is 6.92 Å². The molecule has 114 valence electrons. The van der Waals surface area contributed by atoms with Crippen LogP contribution in [0.5, 0.6) is 0 Å². The maximum Gasteiger partial charge on any atom is 0.242 e. The van der Waals surface area contributed by atoms with E-state index in [1.165, 1.54) is 12.1 Å². The zero-order valence-corrected chi connectivity index (χ0v) is 14.3. The molecule has 1 rings (SSSR count). The third-order valence-corrected chi connectivity index (χ3v) is 5.26. The van der Waals surface area contributed by atoms with E-state index in [0.29, 0.717) is 10.9 Å². The second kappa shape index (κ2) is 7.64. The predicted octanol–water partition coefficient (Wildman–Crippen LogP) is 4.49. The lowest BCUT2D eigenvalue weighted by atomic mass is 10.0. The van der Waals surface area contributed by atoms with Crippen molar-refractivity contribution >= 4 is 33.2 Å². The van der Waals surface area contributed by atoms with Crippen LogP contribution in [-0.4, -0.2) is 14.5 Å². The van der Waals surface area contributed by atoms with Gasteiger partial charge in [0.1, 0.15) is 4.90 Å². The molecule has 0 fully saturated rings. The first kappa shape index (κ1) is 17.8. The summed E-state index contributed by atoms with van der Waals surface area (Å²) in [6, 6.07) is 4.29. The van der Waals surface area contributed by atoms with E-state index in [-0.39, 0.29) is 16.0 Å². The molecule has 0 saturated carbocycles. The van der Waals surface area contributed by atoms with Crippen molar-refractivity contribution in [3.63, 3.8) is 0 Å². The van der Waals surface area contributed by atoms with Crippen molar-refractivity contribution in [2.45, 2.75) is 51.0 Å². The Hall–Kier alpha value is -0.290. The van der Waals surface area contributed by atoms with Gasteiger partial charge in [-0.05, 0) is 37.5 Å². The molecule has 0 bridgehead atoms. The van der Waals surface area contributed by atoms with E-state index < -0.39 is 10.0 Å². The summed E-state index contributed by atoms with van der Waals surface area (Å²) in [5.74, 6) is 0.626. The highest BCUT2D eigenvalue weighted by molar-refractivity contribution is 7.89. The van der Waals surface area contributed by atoms with Crippen molar-refractivity contribution in [1.29, 1.82) is 0 Å². The van der Waals surface area contributed by atoms with Crippen LogP contribution in [0.15, 0.2) is 23.1 Å². The molecule has 20 heavy (non-hydrogen) atoms. The number of hydrogen-bond acceptors (Lipinski definition) is 2. The summed E-state index contributed by atoms with van der Waals surface area (Å²) in [7, 11) is -3.63. The Labute approximate surface area is 131 Å². The lowest BCUT2D eigenvalue weighted by molar-refractivity contribution is 0.488. The van der Waals surface area contributed by atoms with Crippen LogP contribution in [-0.2, 0) is 10.0 Å². The van der Waals surface area contributed by atoms with Gasteiger partial charge in [0.15, 0.2) is 0 Å². The Kier molecular flexibility index (Phi) is 6.79. The molecule has 1 N–H and O–H groups in total. The fourth-order valence-corrected chi connectivity index (χ4v) is 3.94. The molecule has 0 heterocycles. The summed E-state index contributed by atoms with van der Waals surface area (Å²) < 4.78 is 27.2. The second-order valence-corrected chi connectivity index (χ2v) is 7.95. The van der Waals surface area contributed by atoms with Crippen LogP contribution >= 0.6 is 23.2 Å². The van der Waals surface area contributed by atoms with Crippen molar-refractivity contribution in [1.82, 2.24) is 4.72 Å². The lowest BCUT2D eigenvalue weighted by Gasteiger charge is -2.15. The highest BCUT2D eigenvalue weighted by Crippen LogP contribution is 2.25. The van der Waals surface area contributed by atoms with Gasteiger partial charge >= 0.3 is 0 Å². The Morgan fingerprint density at radius 2 is 1.80 bits per heavy atom. The van der Waals surface area contributed by atoms with E-state index >= 15 is 0 Å². The Bertz CT molecular complexity index is 544. The van der Waals surface area contributed by atoms with E-state index in [9.17, 15) is 8.42 Å². The van der Waals surface area contributed by atoms with Gasteiger partial charge < -0.3 is 0 Å². The highest BCUT2D eigenvalue weighted by Gasteiger charge is 2.20. The second-order valence-electron chi connectivity index (χ2n) is 5.42. The Morgan fingerprint density at radius 1 is 1.15 bits per heavy atom. The Balaban J connectivity index is 2.72. The first-order valence-corrected chi connectivity index (χ1v) is 8.93. The van der Waals surface area contributed by atoms with Gasteiger partial charge in [-0.25, -0.2) is 13.1 Å². The van der Waals surface area contributed by atoms with Gasteiger partial charge in [0.05, 0.1) is 5.02 Å². The molecule has 3 nitrogen and oxygen atoms in total. The standard InChI is InChI=1S/C14H21Cl2NO2S/c1-10(2)5-4-6-11(3)17-20(18,19)14-9-12(15)7-8-13(14)16/h7-11,17H,4-6H2,1-3H3/t11-/m0/s1. The van der Waals surface area contributed by atoms with E-state index in [0.717, 1.165) is 19.3 Å². The van der Waals surface area contributed by atoms with Gasteiger partial charge in [-0.3, -0.25) is 0 Å². The molecule has 0 aliphatic rings. The third kappa shape index (κ3) is 5.60. The first-order chi connectivity index (χ1) is 9.22. The molecule has 0 radical (unpaired) electrons. The van der Waals surface area contributed by atoms with Crippen LogP contribution in [0.1, 0.15) is 40.0 Å². The summed E-state index contributed by atoms with van der Waals surface area (Å²) in [4.78, 5) is 0.0300. The summed E-state index contributed by atoms with van der Waals surface area (Å²) in [5.41, 5.74) is 0. The average molecular weight is 338 g/mol. The molecular weight excluding hydrogens is 317 g/mol. The quantitative estimate of drug-likeness (QED) is 0.796. The molecule has 0 unspecified atom stereocenters. The molecule has 0 aliphatic heterocycles. The zero-order chi connectivity index (χ0) is 15.3. The van der Waals surface area contributed by atoms with Crippen LogP contribution < -0.4 is 4.72 Å². The van der Waals surface area contributed by atoms with Crippen LogP contribution in [0.25, 0.3) is 0 Å². The van der Waals surface area contributed by atoms with Crippen LogP contribution in [0.4, 0.5) is 0 Å². The number of rotatable bonds is 7. The molecule has 0 saturated heterocycles. The van der Waals surface area contributed by atoms with Crippen molar-refractivity contribution < 1.29 is 8.42 Å². The van der Waals surface area contributed by atoms with Gasteiger partial charge in [-0.2, -0.15) is 0 Å². The van der Waals surface area contributed by atoms with Gasteiger partial charge in [0.2, 0.25) is 10.0 Å². The fourth-order valence-electron chi connectivity index (χ4n) is 1.90. The normalized spacial score (nSPS) is 13.7. The fraction of sp³-hybridized carbons (Fsp3) is 0.571. The Morgan fingerprint density at radius 3 is 2.40 bits per heavy atom. The van der Waals surface area contributed by atoms with Crippen molar-refractivity contribution in [3.05, 3.63) is 28.2 Å². The zero-order valence-electron chi connectivity index (χ0n) is 12.0. The van der Waals surface area contributed by atoms with Crippen molar-refractivity contribution in [3.8, 4) is 0 Å². The molecule has 1 atom stereocenters. The number of benzene rings is 1. The molecule has 0 spiro atoms. The minimum atomic E-state index is -3.63. The van der Waals surface area contributed by atoms with Crippen molar-refractivity contribution in [2.75, 3.05) is 0 Å². The third-order valence-electron chi connectivity index (χ3n) is 2.96. The number of nitrogens with one attached hydrogen (secondary N) is 1. The summed E-state index contributed by atoms with van der Waals surface area (Å²) in [6.07, 6.45) is 2.88. The number of hydrogen-bond donors (Lipinski definition) is 1. The van der Waals surface area contributed by atoms with Gasteiger partial charge in [-0.15, -0.1) is 0 Å². The molecule has 0 aromatic heterocycles. The topological polar surface area (TPSA) is 46.2 Å². The molecule has 1 aromatic rings. The van der Waals surface area contributed by atoms with Crippen LogP contribution in [0.3, 0.4) is 0 Å². The molecular formula is C14H21Cl2NO2S. The van der Waals surface area contributed by atoms with E-state index in [4.69, 9.17) is 23.2 Å². The van der Waals surface area contributed by atoms with E-state index in [1.54, 1.807) is 6.07 Å². The number of sulfonamides is 1. The highest BCUT2D eigenvalue weighted by atomic mass is 35.5. The predicted molar refractivity (Wildman–Crippen MR) is 84.9 cm³/mol. The largest absolute Gasteiger partial charge is 0.242 e. The average Bonchev–Trinajstić information content (AvgIpc) is 2.31. The van der Waals surface area contributed by atoms with Crippen LogP contribution in [0, 0.1) is 5.92 Å². The summed E-state index contributed by atoms with van der Waals surface area (Å²) in [6.45, 7) is 6.16. The molecule has 6 heteroatoms. The van der Waals surface area contributed by atoms with Gasteiger partial charge in [-0.1, -0.05) is 49.9 Å². The SMILES string of the molecule is CC(C)CCC[C@H](C)NS(=O)(=O)c1cc(Cl)ccc1Cl. The van der Waals surface area contributed by atoms with Crippen molar-refractivity contribution in [2.24, 2.45) is 5.92 Å². The van der Waals surface area contributed by atoms with Gasteiger partial charge in [0, 0.05) is 11.1 Å². The van der Waals surface area contributed by atoms with Crippen LogP contribution in [0.2, 0.25) is 10.0 Å². The minimum absolute atomic E-state index is 0.0300. The number of halogens is 2. The summed E-state index contributed by atoms with van der Waals surface area (Å²) in [5, 5.41) is 0.526. The lowest BCUT2D eigenvalue weighted by Crippen LogP contribution is -2.32. The van der Waals surface area contributed by atoms with E-state index in [2.05, 4.69) is 18.6 Å². The maximum atomic E-state index is 12.3. The molecule has 0 amide bonds. The maximum absolute atomic E-state index is 12.3. The first-order valence-electron chi connectivity index (χ1n) is 6.69. The minimum Gasteiger partial charge on any atom is -0.208 e. The molecule has 0 aliphatic carbocycles. The van der Waals surface area contributed by atoms with Gasteiger partial charge in [0.25, 0.3) is 0 Å². The smallest absolute Gasteiger partial charge is 0.208 e.